The number of rotatable bonds is 5. The number of esters is 1. The van der Waals surface area contributed by atoms with Gasteiger partial charge in [0.15, 0.2) is 6.10 Å². The van der Waals surface area contributed by atoms with Crippen LogP contribution < -0.4 is 11.1 Å². The van der Waals surface area contributed by atoms with Crippen molar-refractivity contribution in [3.8, 4) is 6.07 Å². The van der Waals surface area contributed by atoms with Crippen LogP contribution >= 0.6 is 11.3 Å². The molecule has 1 amide bonds. The largest absolute Gasteiger partial charge is 0.449 e. The highest BCUT2D eigenvalue weighted by atomic mass is 32.1. The lowest BCUT2D eigenvalue weighted by molar-refractivity contribution is -0.384. The van der Waals surface area contributed by atoms with E-state index in [9.17, 15) is 19.7 Å². The number of nitro benzene ring substituents is 1. The molecule has 2 aromatic rings. The normalized spacial score (nSPS) is 11.2. The van der Waals surface area contributed by atoms with E-state index in [1.807, 2.05) is 6.07 Å². The van der Waals surface area contributed by atoms with Gasteiger partial charge >= 0.3 is 5.97 Å². The Balaban J connectivity index is 2.06. The lowest BCUT2D eigenvalue weighted by Crippen LogP contribution is -2.30. The summed E-state index contributed by atoms with van der Waals surface area (Å²) in [5.74, 6) is -1.51. The van der Waals surface area contributed by atoms with Gasteiger partial charge in [0.1, 0.15) is 11.1 Å². The Kier molecular flexibility index (Phi) is 5.31. The first kappa shape index (κ1) is 17.9. The summed E-state index contributed by atoms with van der Waals surface area (Å²) in [7, 11) is 0. The minimum atomic E-state index is -1.16. The van der Waals surface area contributed by atoms with Crippen LogP contribution in [0.5, 0.6) is 0 Å². The second kappa shape index (κ2) is 7.41. The van der Waals surface area contributed by atoms with Crippen LogP contribution in [-0.2, 0) is 9.53 Å². The molecule has 9 nitrogen and oxygen atoms in total. The molecule has 0 aliphatic carbocycles. The average molecular weight is 360 g/mol. The van der Waals surface area contributed by atoms with Crippen molar-refractivity contribution >= 4 is 39.6 Å². The molecular weight excluding hydrogens is 348 g/mol. The number of nitriles is 1. The second-order valence-corrected chi connectivity index (χ2v) is 5.76. The van der Waals surface area contributed by atoms with Gasteiger partial charge in [0, 0.05) is 12.1 Å². The number of nitrogens with two attached hydrogens (primary N) is 1. The van der Waals surface area contributed by atoms with Crippen LogP contribution in [0.4, 0.5) is 16.4 Å². The number of carbonyl (C=O) groups is 2. The topological polar surface area (TPSA) is 148 Å². The Bertz CT molecular complexity index is 886. The van der Waals surface area contributed by atoms with Crippen LogP contribution in [0.25, 0.3) is 0 Å². The predicted molar refractivity (Wildman–Crippen MR) is 90.1 cm³/mol. The Hall–Kier alpha value is -3.45. The molecule has 0 bridgehead atoms. The Morgan fingerprint density at radius 3 is 2.76 bits per heavy atom. The van der Waals surface area contributed by atoms with Gasteiger partial charge in [-0.2, -0.15) is 5.26 Å². The maximum Gasteiger partial charge on any atom is 0.341 e. The molecule has 25 heavy (non-hydrogen) atoms. The summed E-state index contributed by atoms with van der Waals surface area (Å²) in [6.07, 6.45) is -1.16. The standard InChI is InChI=1S/C15H12N4O5S/c1-8(13(20)18-14-9(7-16)4-5-25-14)24-15(21)11-3-2-10(19(22)23)6-12(11)17/h2-6,8H,17H2,1H3,(H,18,20)/t8-/m0/s1. The lowest BCUT2D eigenvalue weighted by Gasteiger charge is -2.13. The van der Waals surface area contributed by atoms with Gasteiger partial charge < -0.3 is 15.8 Å². The fourth-order valence-electron chi connectivity index (χ4n) is 1.83. The number of ether oxygens (including phenoxy) is 1. The first-order valence-corrected chi connectivity index (χ1v) is 7.74. The third-order valence-corrected chi connectivity index (χ3v) is 3.97. The van der Waals surface area contributed by atoms with E-state index in [1.54, 1.807) is 11.4 Å². The number of nitrogen functional groups attached to an aromatic ring is 1. The predicted octanol–water partition coefficient (Wildman–Crippen LogP) is 2.29. The van der Waals surface area contributed by atoms with Crippen LogP contribution in [0.1, 0.15) is 22.8 Å². The van der Waals surface area contributed by atoms with Crippen molar-refractivity contribution in [2.75, 3.05) is 11.1 Å². The third-order valence-electron chi connectivity index (χ3n) is 3.14. The number of amides is 1. The van der Waals surface area contributed by atoms with E-state index in [0.717, 1.165) is 29.5 Å². The Morgan fingerprint density at radius 2 is 2.16 bits per heavy atom. The van der Waals surface area contributed by atoms with Gasteiger partial charge in [-0.1, -0.05) is 0 Å². The van der Waals surface area contributed by atoms with Crippen molar-refractivity contribution in [2.45, 2.75) is 13.0 Å². The van der Waals surface area contributed by atoms with Crippen molar-refractivity contribution in [2.24, 2.45) is 0 Å². The maximum atomic E-state index is 12.1. The Labute approximate surface area is 145 Å². The molecule has 0 aliphatic rings. The van der Waals surface area contributed by atoms with Crippen LogP contribution in [0, 0.1) is 21.4 Å². The number of nitrogens with zero attached hydrogens (tertiary/aromatic N) is 2. The summed E-state index contributed by atoms with van der Waals surface area (Å²) in [5.41, 5.74) is 5.45. The quantitative estimate of drug-likeness (QED) is 0.359. The fraction of sp³-hybridized carbons (Fsp3) is 0.133. The van der Waals surface area contributed by atoms with E-state index in [4.69, 9.17) is 15.7 Å². The number of hydrogen-bond acceptors (Lipinski definition) is 8. The summed E-state index contributed by atoms with van der Waals surface area (Å²) in [6, 6.07) is 6.78. The van der Waals surface area contributed by atoms with Gasteiger partial charge in [-0.3, -0.25) is 14.9 Å². The smallest absolute Gasteiger partial charge is 0.341 e. The molecule has 0 saturated heterocycles. The van der Waals surface area contributed by atoms with Gasteiger partial charge in [0.2, 0.25) is 0 Å². The van der Waals surface area contributed by atoms with E-state index < -0.39 is 22.9 Å². The van der Waals surface area contributed by atoms with Crippen molar-refractivity contribution in [1.29, 1.82) is 5.26 Å². The summed E-state index contributed by atoms with van der Waals surface area (Å²) in [5, 5.41) is 24.1. The van der Waals surface area contributed by atoms with Gasteiger partial charge in [-0.05, 0) is 24.4 Å². The molecule has 0 fully saturated rings. The third kappa shape index (κ3) is 4.10. The molecular formula is C15H12N4O5S. The first-order valence-electron chi connectivity index (χ1n) is 6.87. The van der Waals surface area contributed by atoms with E-state index in [2.05, 4.69) is 5.32 Å². The highest BCUT2D eigenvalue weighted by Crippen LogP contribution is 2.23. The number of carbonyl (C=O) groups excluding carboxylic acids is 2. The number of non-ortho nitro benzene ring substituents is 1. The molecule has 0 saturated carbocycles. The molecule has 0 radical (unpaired) electrons. The number of benzene rings is 1. The number of hydrogen-bond donors (Lipinski definition) is 2. The van der Waals surface area contributed by atoms with Crippen LogP contribution in [-0.4, -0.2) is 22.9 Å². The van der Waals surface area contributed by atoms with Crippen molar-refractivity contribution in [3.63, 3.8) is 0 Å². The van der Waals surface area contributed by atoms with E-state index in [0.29, 0.717) is 10.6 Å². The van der Waals surface area contributed by atoms with Crippen molar-refractivity contribution in [3.05, 3.63) is 50.9 Å². The second-order valence-electron chi connectivity index (χ2n) is 4.84. The molecule has 128 valence electrons. The molecule has 1 aromatic heterocycles. The van der Waals surface area contributed by atoms with Crippen LogP contribution in [0.3, 0.4) is 0 Å². The van der Waals surface area contributed by atoms with Crippen LogP contribution in [0.2, 0.25) is 0 Å². The summed E-state index contributed by atoms with van der Waals surface area (Å²) < 4.78 is 5.02. The molecule has 3 N–H and O–H groups in total. The zero-order valence-corrected chi connectivity index (χ0v) is 13.7. The number of nitro groups is 1. The molecule has 10 heteroatoms. The van der Waals surface area contributed by atoms with Crippen LogP contribution in [0.15, 0.2) is 29.6 Å². The number of nitrogens with one attached hydrogen (secondary N) is 1. The summed E-state index contributed by atoms with van der Waals surface area (Å²) in [4.78, 5) is 34.2. The van der Waals surface area contributed by atoms with E-state index in [1.165, 1.54) is 6.92 Å². The zero-order valence-electron chi connectivity index (χ0n) is 12.9. The minimum absolute atomic E-state index is 0.0842. The molecule has 1 heterocycles. The molecule has 0 unspecified atom stereocenters. The Morgan fingerprint density at radius 1 is 1.44 bits per heavy atom. The highest BCUT2D eigenvalue weighted by Gasteiger charge is 2.22. The fourth-order valence-corrected chi connectivity index (χ4v) is 2.58. The average Bonchev–Trinajstić information content (AvgIpc) is 3.01. The number of anilines is 2. The zero-order chi connectivity index (χ0) is 18.6. The highest BCUT2D eigenvalue weighted by molar-refractivity contribution is 7.14. The monoisotopic (exact) mass is 360 g/mol. The first-order chi connectivity index (χ1) is 11.8. The summed E-state index contributed by atoms with van der Waals surface area (Å²) >= 11 is 1.16. The molecule has 1 atom stereocenters. The van der Waals surface area contributed by atoms with Gasteiger partial charge in [-0.25, -0.2) is 4.79 Å². The van der Waals surface area contributed by atoms with Gasteiger partial charge in [0.25, 0.3) is 11.6 Å². The molecule has 0 spiro atoms. The van der Waals surface area contributed by atoms with E-state index >= 15 is 0 Å². The molecule has 0 aliphatic heterocycles. The minimum Gasteiger partial charge on any atom is -0.449 e. The lowest BCUT2D eigenvalue weighted by atomic mass is 10.1. The van der Waals surface area contributed by atoms with Crippen molar-refractivity contribution < 1.29 is 19.2 Å². The van der Waals surface area contributed by atoms with Gasteiger partial charge in [0.05, 0.1) is 21.7 Å². The number of thiophene rings is 1. The SMILES string of the molecule is C[C@H](OC(=O)c1ccc([N+](=O)[O-])cc1N)C(=O)Nc1sccc1C#N. The van der Waals surface area contributed by atoms with Gasteiger partial charge in [-0.15, -0.1) is 11.3 Å². The maximum absolute atomic E-state index is 12.1. The van der Waals surface area contributed by atoms with Crippen molar-refractivity contribution in [1.82, 2.24) is 0 Å². The molecule has 1 aromatic carbocycles. The molecule has 2 rings (SSSR count). The summed E-state index contributed by atoms with van der Waals surface area (Å²) in [6.45, 7) is 1.36. The van der Waals surface area contributed by atoms with E-state index in [-0.39, 0.29) is 16.9 Å².